The van der Waals surface area contributed by atoms with Gasteiger partial charge in [0.15, 0.2) is 18.3 Å². The molecule has 12 nitrogen and oxygen atoms in total. The van der Waals surface area contributed by atoms with Gasteiger partial charge in [-0.2, -0.15) is 8.42 Å². The van der Waals surface area contributed by atoms with Gasteiger partial charge < -0.3 is 29.2 Å². The number of thiol groups is 1. The van der Waals surface area contributed by atoms with E-state index in [9.17, 15) is 22.8 Å². The Morgan fingerprint density at radius 3 is 2.27 bits per heavy atom. The maximum atomic E-state index is 12.8. The zero-order chi connectivity index (χ0) is 30.0. The van der Waals surface area contributed by atoms with Crippen molar-refractivity contribution < 1.29 is 45.9 Å². The molecule has 0 saturated carbocycles. The highest BCUT2D eigenvalue weighted by Crippen LogP contribution is 2.31. The standard InChI is InChI=1S/C25H37ClN2O10S2/c1-6-28(7-2)11-10-27-19-13-18(26)9-8-17(19)12-21(31)34-14-20-22(35-15(3)29)23(36-16(4)30)24(25(39)37-20)38-40(5,32)33/h8-9,13,20,22-25,27,39H,6-7,10-12,14H2,1-5H3/t20-,22-,23+,24-,25+/m1/s1. The molecule has 40 heavy (non-hydrogen) atoms. The lowest BCUT2D eigenvalue weighted by Gasteiger charge is -2.42. The SMILES string of the molecule is CCN(CC)CCNc1cc(Cl)ccc1CC(=O)OC[C@H]1O[C@@H](S)[C@H](OS(C)(=O)=O)[C@@H](OC(C)=O)[C@@H]1OC(C)=O. The minimum atomic E-state index is -4.04. The number of carbonyl (C=O) groups excluding carboxylic acids is 3. The number of halogens is 1. The number of nitrogens with one attached hydrogen (secondary N) is 1. The molecule has 1 aromatic rings. The second kappa shape index (κ2) is 15.8. The van der Waals surface area contributed by atoms with Crippen LogP contribution in [0, 0.1) is 0 Å². The zero-order valence-electron chi connectivity index (χ0n) is 23.1. The van der Waals surface area contributed by atoms with Gasteiger partial charge in [-0.25, -0.2) is 0 Å². The van der Waals surface area contributed by atoms with E-state index in [2.05, 4.69) is 36.7 Å². The first-order valence-electron chi connectivity index (χ1n) is 12.7. The second-order valence-electron chi connectivity index (χ2n) is 9.09. The smallest absolute Gasteiger partial charge is 0.310 e. The Morgan fingerprint density at radius 1 is 1.07 bits per heavy atom. The summed E-state index contributed by atoms with van der Waals surface area (Å²) in [5.41, 5.74) is 0.114. The first kappa shape index (κ1) is 34.1. The first-order valence-corrected chi connectivity index (χ1v) is 15.4. The number of ether oxygens (including phenoxy) is 4. The van der Waals surface area contributed by atoms with Crippen LogP contribution in [0.2, 0.25) is 5.02 Å². The van der Waals surface area contributed by atoms with E-state index in [-0.39, 0.29) is 6.42 Å². The quantitative estimate of drug-likeness (QED) is 0.135. The molecule has 15 heteroatoms. The predicted molar refractivity (Wildman–Crippen MR) is 151 cm³/mol. The number of esters is 3. The maximum Gasteiger partial charge on any atom is 0.310 e. The van der Waals surface area contributed by atoms with E-state index in [1.165, 1.54) is 0 Å². The fourth-order valence-electron chi connectivity index (χ4n) is 4.13. The van der Waals surface area contributed by atoms with Gasteiger partial charge in [0.2, 0.25) is 0 Å². The van der Waals surface area contributed by atoms with Crippen molar-refractivity contribution in [3.63, 3.8) is 0 Å². The van der Waals surface area contributed by atoms with E-state index in [0.717, 1.165) is 39.7 Å². The van der Waals surface area contributed by atoms with Gasteiger partial charge in [0.25, 0.3) is 10.1 Å². The molecule has 2 rings (SSSR count). The molecule has 1 aliphatic rings. The van der Waals surface area contributed by atoms with E-state index in [1.807, 2.05) is 0 Å². The van der Waals surface area contributed by atoms with Crippen LogP contribution in [0.1, 0.15) is 33.3 Å². The molecule has 1 N–H and O–H groups in total. The van der Waals surface area contributed by atoms with Crippen LogP contribution in [0.5, 0.6) is 0 Å². The highest BCUT2D eigenvalue weighted by Gasteiger charge is 2.51. The predicted octanol–water partition coefficient (Wildman–Crippen LogP) is 2.04. The van der Waals surface area contributed by atoms with Crippen molar-refractivity contribution >= 4 is 57.9 Å². The Bertz CT molecular complexity index is 1130. The van der Waals surface area contributed by atoms with Crippen LogP contribution in [0.4, 0.5) is 5.69 Å². The van der Waals surface area contributed by atoms with Gasteiger partial charge in [-0.1, -0.05) is 31.5 Å². The molecule has 0 radical (unpaired) electrons. The second-order valence-corrected chi connectivity index (χ2v) is 11.6. The molecule has 1 aliphatic heterocycles. The van der Waals surface area contributed by atoms with Gasteiger partial charge in [0.1, 0.15) is 18.1 Å². The average Bonchev–Trinajstić information content (AvgIpc) is 2.85. The summed E-state index contributed by atoms with van der Waals surface area (Å²) in [6, 6.07) is 5.11. The Labute approximate surface area is 245 Å². The third-order valence-corrected chi connectivity index (χ3v) is 7.17. The third kappa shape index (κ3) is 11.1. The summed E-state index contributed by atoms with van der Waals surface area (Å²) < 4.78 is 50.4. The summed E-state index contributed by atoms with van der Waals surface area (Å²) in [6.07, 6.45) is -4.64. The Hall–Kier alpha value is -2.10. The van der Waals surface area contributed by atoms with Crippen molar-refractivity contribution in [2.24, 2.45) is 0 Å². The van der Waals surface area contributed by atoms with Gasteiger partial charge in [-0.05, 0) is 30.8 Å². The number of rotatable bonds is 14. The molecule has 1 fully saturated rings. The highest BCUT2D eigenvalue weighted by atomic mass is 35.5. The number of hydrogen-bond acceptors (Lipinski definition) is 13. The van der Waals surface area contributed by atoms with Crippen LogP contribution in [-0.4, -0.2) is 100 Å². The van der Waals surface area contributed by atoms with Crippen LogP contribution in [-0.2, 0) is 54.1 Å². The normalized spacial score (nSPS) is 22.9. The van der Waals surface area contributed by atoms with Crippen molar-refractivity contribution in [3.05, 3.63) is 28.8 Å². The van der Waals surface area contributed by atoms with E-state index in [4.69, 9.17) is 34.7 Å². The maximum absolute atomic E-state index is 12.8. The van der Waals surface area contributed by atoms with Crippen molar-refractivity contribution in [2.75, 3.05) is 44.4 Å². The number of carbonyl (C=O) groups is 3. The summed E-state index contributed by atoms with van der Waals surface area (Å²) >= 11 is 10.4. The fourth-order valence-corrected chi connectivity index (χ4v) is 5.39. The lowest BCUT2D eigenvalue weighted by Crippen LogP contribution is -2.61. The minimum absolute atomic E-state index is 0.104. The van der Waals surface area contributed by atoms with Crippen LogP contribution >= 0.6 is 24.2 Å². The largest absolute Gasteiger partial charge is 0.463 e. The summed E-state index contributed by atoms with van der Waals surface area (Å²) in [5.74, 6) is -2.17. The van der Waals surface area contributed by atoms with E-state index >= 15 is 0 Å². The molecule has 0 spiro atoms. The lowest BCUT2D eigenvalue weighted by molar-refractivity contribution is -0.226. The van der Waals surface area contributed by atoms with Crippen molar-refractivity contribution in [1.82, 2.24) is 4.90 Å². The van der Waals surface area contributed by atoms with Gasteiger partial charge in [-0.3, -0.25) is 18.6 Å². The van der Waals surface area contributed by atoms with E-state index in [1.54, 1.807) is 18.2 Å². The van der Waals surface area contributed by atoms with Crippen LogP contribution < -0.4 is 5.32 Å². The molecule has 226 valence electrons. The first-order chi connectivity index (χ1) is 18.7. The molecular formula is C25H37ClN2O10S2. The molecule has 1 heterocycles. The monoisotopic (exact) mass is 624 g/mol. The molecule has 5 atom stereocenters. The molecule has 0 unspecified atom stereocenters. The van der Waals surface area contributed by atoms with Crippen molar-refractivity contribution in [1.29, 1.82) is 0 Å². The molecule has 1 saturated heterocycles. The number of anilines is 1. The Morgan fingerprint density at radius 2 is 1.70 bits per heavy atom. The molecular weight excluding hydrogens is 588 g/mol. The Kier molecular flexibility index (Phi) is 13.5. The third-order valence-electron chi connectivity index (χ3n) is 5.95. The highest BCUT2D eigenvalue weighted by molar-refractivity contribution is 7.86. The summed E-state index contributed by atoms with van der Waals surface area (Å²) in [5, 5.41) is 3.81. The molecule has 0 aliphatic carbocycles. The van der Waals surface area contributed by atoms with Crippen LogP contribution in [0.3, 0.4) is 0 Å². The van der Waals surface area contributed by atoms with Gasteiger partial charge in [0, 0.05) is 37.6 Å². The van der Waals surface area contributed by atoms with Crippen LogP contribution in [0.25, 0.3) is 0 Å². The van der Waals surface area contributed by atoms with E-state index < -0.39 is 64.5 Å². The number of hydrogen-bond donors (Lipinski definition) is 2. The number of nitrogens with zero attached hydrogens (tertiary/aromatic N) is 1. The molecule has 0 bridgehead atoms. The number of benzene rings is 1. The molecule has 1 aromatic carbocycles. The van der Waals surface area contributed by atoms with Gasteiger partial charge in [0.05, 0.1) is 12.7 Å². The van der Waals surface area contributed by atoms with E-state index in [0.29, 0.717) is 22.8 Å². The van der Waals surface area contributed by atoms with Crippen LogP contribution in [0.15, 0.2) is 18.2 Å². The van der Waals surface area contributed by atoms with Gasteiger partial charge in [-0.15, -0.1) is 12.6 Å². The topological polar surface area (TPSA) is 147 Å². The average molecular weight is 625 g/mol. The Balaban J connectivity index is 2.15. The lowest BCUT2D eigenvalue weighted by atomic mass is 9.99. The van der Waals surface area contributed by atoms with Crippen molar-refractivity contribution in [3.8, 4) is 0 Å². The molecule has 0 aromatic heterocycles. The summed E-state index contributed by atoms with van der Waals surface area (Å²) in [4.78, 5) is 38.7. The minimum Gasteiger partial charge on any atom is -0.463 e. The van der Waals surface area contributed by atoms with Gasteiger partial charge >= 0.3 is 17.9 Å². The summed E-state index contributed by atoms with van der Waals surface area (Å²) in [7, 11) is -4.04. The summed E-state index contributed by atoms with van der Waals surface area (Å²) in [6.45, 7) is 9.23. The number of likely N-dealkylation sites (N-methyl/N-ethyl adjacent to an activating group) is 1. The fraction of sp³-hybridized carbons (Fsp3) is 0.640. The zero-order valence-corrected chi connectivity index (χ0v) is 25.6. The molecule has 0 amide bonds. The van der Waals surface area contributed by atoms with Crippen molar-refractivity contribution in [2.45, 2.75) is 64.0 Å².